The van der Waals surface area contributed by atoms with Gasteiger partial charge in [-0.25, -0.2) is 13.1 Å². The van der Waals surface area contributed by atoms with Crippen LogP contribution >= 0.6 is 11.3 Å². The van der Waals surface area contributed by atoms with E-state index in [1.54, 1.807) is 0 Å². The average molecular weight is 256 g/mol. The van der Waals surface area contributed by atoms with Crippen molar-refractivity contribution in [1.29, 1.82) is 5.26 Å². The van der Waals surface area contributed by atoms with Crippen LogP contribution in [0.4, 0.5) is 0 Å². The Labute approximate surface area is 99.0 Å². The lowest BCUT2D eigenvalue weighted by Crippen LogP contribution is -2.24. The molecule has 1 fully saturated rings. The molecule has 2 rings (SSSR count). The number of thiophene rings is 1. The summed E-state index contributed by atoms with van der Waals surface area (Å²) in [5.41, 5.74) is 0. The maximum Gasteiger partial charge on any atom is 0.250 e. The number of hydrogen-bond acceptors (Lipinski definition) is 4. The molecule has 1 saturated carbocycles. The van der Waals surface area contributed by atoms with Gasteiger partial charge in [-0.2, -0.15) is 5.26 Å². The predicted molar refractivity (Wildman–Crippen MR) is 61.6 cm³/mol. The first-order valence-electron chi connectivity index (χ1n) is 5.11. The van der Waals surface area contributed by atoms with E-state index < -0.39 is 10.0 Å². The van der Waals surface area contributed by atoms with Crippen molar-refractivity contribution in [2.45, 2.75) is 23.5 Å². The van der Waals surface area contributed by atoms with Gasteiger partial charge >= 0.3 is 0 Å². The topological polar surface area (TPSA) is 70.0 Å². The molecule has 0 radical (unpaired) electrons. The molecule has 1 aliphatic carbocycles. The fourth-order valence-electron chi connectivity index (χ4n) is 1.40. The minimum Gasteiger partial charge on any atom is -0.210 e. The van der Waals surface area contributed by atoms with Gasteiger partial charge in [0.05, 0.1) is 0 Å². The van der Waals surface area contributed by atoms with E-state index >= 15 is 0 Å². The highest BCUT2D eigenvalue weighted by molar-refractivity contribution is 7.91. The van der Waals surface area contributed by atoms with Crippen LogP contribution < -0.4 is 4.72 Å². The van der Waals surface area contributed by atoms with E-state index in [1.807, 2.05) is 6.07 Å². The third kappa shape index (κ3) is 2.82. The highest BCUT2D eigenvalue weighted by atomic mass is 32.2. The largest absolute Gasteiger partial charge is 0.250 e. The van der Waals surface area contributed by atoms with E-state index in [2.05, 4.69) is 4.72 Å². The zero-order valence-corrected chi connectivity index (χ0v) is 10.3. The molecular formula is C10H12N2O2S2. The van der Waals surface area contributed by atoms with Gasteiger partial charge in [0, 0.05) is 6.54 Å². The van der Waals surface area contributed by atoms with Crippen LogP contribution in [-0.2, 0) is 10.0 Å². The summed E-state index contributed by atoms with van der Waals surface area (Å²) in [5, 5.41) is 8.62. The third-order valence-corrected chi connectivity index (χ3v) is 5.44. The summed E-state index contributed by atoms with van der Waals surface area (Å²) in [6.45, 7) is 0.493. The van der Waals surface area contributed by atoms with Crippen molar-refractivity contribution in [1.82, 2.24) is 4.72 Å². The van der Waals surface area contributed by atoms with Gasteiger partial charge < -0.3 is 0 Å². The van der Waals surface area contributed by atoms with Crippen molar-refractivity contribution >= 4 is 21.4 Å². The number of nitriles is 1. The van der Waals surface area contributed by atoms with E-state index in [1.165, 1.54) is 25.0 Å². The molecule has 6 heteroatoms. The van der Waals surface area contributed by atoms with Gasteiger partial charge in [-0.05, 0) is 24.5 Å². The first kappa shape index (κ1) is 11.6. The highest BCUT2D eigenvalue weighted by Gasteiger charge is 2.22. The fraction of sp³-hybridized carbons (Fsp3) is 0.500. The Balaban J connectivity index is 1.97. The Bertz CT molecular complexity index is 509. The van der Waals surface area contributed by atoms with Gasteiger partial charge in [-0.15, -0.1) is 11.3 Å². The van der Waals surface area contributed by atoms with Crippen LogP contribution in [0.3, 0.4) is 0 Å². The third-order valence-electron chi connectivity index (χ3n) is 2.50. The van der Waals surface area contributed by atoms with Crippen LogP contribution in [0, 0.1) is 17.2 Å². The molecule has 86 valence electrons. The molecular weight excluding hydrogens is 244 g/mol. The van der Waals surface area contributed by atoms with Gasteiger partial charge in [0.1, 0.15) is 15.2 Å². The first-order chi connectivity index (χ1) is 7.62. The molecule has 0 bridgehead atoms. The molecule has 0 unspecified atom stereocenters. The SMILES string of the molecule is N#Cc1ccc(S(=O)(=O)NCCC2CC2)s1. The van der Waals surface area contributed by atoms with Crippen LogP contribution in [0.2, 0.25) is 0 Å². The molecule has 0 aliphatic heterocycles. The Kier molecular flexibility index (Phi) is 3.28. The second-order valence-electron chi connectivity index (χ2n) is 3.86. The standard InChI is InChI=1S/C10H12N2O2S2/c11-7-9-3-4-10(15-9)16(13,14)12-6-5-8-1-2-8/h3-4,8,12H,1-2,5-6H2. The smallest absolute Gasteiger partial charge is 0.210 e. The fourth-order valence-corrected chi connectivity index (χ4v) is 3.60. The summed E-state index contributed by atoms with van der Waals surface area (Å²) < 4.78 is 26.3. The van der Waals surface area contributed by atoms with Crippen molar-refractivity contribution in [3.05, 3.63) is 17.0 Å². The normalized spacial score (nSPS) is 15.9. The summed E-state index contributed by atoms with van der Waals surface area (Å²) in [4.78, 5) is 0.419. The van der Waals surface area contributed by atoms with Crippen LogP contribution in [0.5, 0.6) is 0 Å². The van der Waals surface area contributed by atoms with E-state index in [0.29, 0.717) is 17.3 Å². The van der Waals surface area contributed by atoms with Crippen molar-refractivity contribution in [3.63, 3.8) is 0 Å². The van der Waals surface area contributed by atoms with Crippen molar-refractivity contribution in [3.8, 4) is 6.07 Å². The molecule has 1 aromatic rings. The van der Waals surface area contributed by atoms with Crippen LogP contribution in [0.25, 0.3) is 0 Å². The second kappa shape index (κ2) is 4.53. The Morgan fingerprint density at radius 1 is 1.50 bits per heavy atom. The lowest BCUT2D eigenvalue weighted by Gasteiger charge is -2.03. The molecule has 1 N–H and O–H groups in total. The summed E-state index contributed by atoms with van der Waals surface area (Å²) in [5.74, 6) is 0.709. The van der Waals surface area contributed by atoms with Gasteiger partial charge in [0.15, 0.2) is 0 Å². The summed E-state index contributed by atoms with van der Waals surface area (Å²) in [7, 11) is -3.40. The molecule has 0 amide bonds. The second-order valence-corrected chi connectivity index (χ2v) is 6.94. The summed E-state index contributed by atoms with van der Waals surface area (Å²) in [6, 6.07) is 4.93. The van der Waals surface area contributed by atoms with Crippen molar-refractivity contribution in [2.24, 2.45) is 5.92 Å². The molecule has 1 aliphatic rings. The maximum atomic E-state index is 11.8. The summed E-state index contributed by atoms with van der Waals surface area (Å²) in [6.07, 6.45) is 3.36. The number of rotatable bonds is 5. The molecule has 1 aromatic heterocycles. The minimum absolute atomic E-state index is 0.222. The number of nitrogens with zero attached hydrogens (tertiary/aromatic N) is 1. The van der Waals surface area contributed by atoms with E-state index in [4.69, 9.17) is 5.26 Å². The molecule has 1 heterocycles. The van der Waals surface area contributed by atoms with Gasteiger partial charge in [-0.3, -0.25) is 0 Å². The minimum atomic E-state index is -3.40. The lowest BCUT2D eigenvalue weighted by molar-refractivity contribution is 0.577. The number of nitrogens with one attached hydrogen (secondary N) is 1. The Hall–Kier alpha value is -0.900. The van der Waals surface area contributed by atoms with Gasteiger partial charge in [-0.1, -0.05) is 12.8 Å². The molecule has 0 saturated heterocycles. The lowest BCUT2D eigenvalue weighted by atomic mass is 10.3. The van der Waals surface area contributed by atoms with Gasteiger partial charge in [0.2, 0.25) is 10.0 Å². The predicted octanol–water partition coefficient (Wildman–Crippen LogP) is 1.70. The molecule has 4 nitrogen and oxygen atoms in total. The van der Waals surface area contributed by atoms with Crippen LogP contribution in [0.15, 0.2) is 16.3 Å². The van der Waals surface area contributed by atoms with E-state index in [9.17, 15) is 8.42 Å². The number of sulfonamides is 1. The Morgan fingerprint density at radius 2 is 2.25 bits per heavy atom. The first-order valence-corrected chi connectivity index (χ1v) is 7.41. The quantitative estimate of drug-likeness (QED) is 0.871. The average Bonchev–Trinajstić information content (AvgIpc) is 2.93. The van der Waals surface area contributed by atoms with Crippen molar-refractivity contribution < 1.29 is 8.42 Å². The molecule has 0 atom stereocenters. The Morgan fingerprint density at radius 3 is 2.81 bits per heavy atom. The summed E-state index contributed by atoms with van der Waals surface area (Å²) >= 11 is 1.00. The molecule has 0 aromatic carbocycles. The molecule has 0 spiro atoms. The zero-order valence-electron chi connectivity index (χ0n) is 8.64. The number of hydrogen-bond donors (Lipinski definition) is 1. The van der Waals surface area contributed by atoms with Crippen molar-refractivity contribution in [2.75, 3.05) is 6.54 Å². The highest BCUT2D eigenvalue weighted by Crippen LogP contribution is 2.32. The van der Waals surface area contributed by atoms with Gasteiger partial charge in [0.25, 0.3) is 0 Å². The van der Waals surface area contributed by atoms with E-state index in [0.717, 1.165) is 17.8 Å². The molecule has 16 heavy (non-hydrogen) atoms. The zero-order chi connectivity index (χ0) is 11.6. The monoisotopic (exact) mass is 256 g/mol. The van der Waals surface area contributed by atoms with Crippen LogP contribution in [-0.4, -0.2) is 15.0 Å². The van der Waals surface area contributed by atoms with Crippen LogP contribution in [0.1, 0.15) is 24.1 Å². The maximum absolute atomic E-state index is 11.8. The van der Waals surface area contributed by atoms with E-state index in [-0.39, 0.29) is 4.21 Å².